The number of nitro benzene ring substituents is 1. The number of nitro groups is 1. The average molecular weight is 246 g/mol. The SMILES string of the molecule is C#CCCCCNc1ccc(C=O)cc1[N+](=O)[O-]. The molecule has 0 saturated heterocycles. The molecule has 5 heteroatoms. The maximum atomic E-state index is 10.8. The molecule has 0 saturated carbocycles. The second-order valence-corrected chi connectivity index (χ2v) is 3.74. The van der Waals surface area contributed by atoms with Crippen LogP contribution in [0.25, 0.3) is 0 Å². The summed E-state index contributed by atoms with van der Waals surface area (Å²) in [5.74, 6) is 2.54. The molecule has 0 unspecified atom stereocenters. The van der Waals surface area contributed by atoms with Crippen molar-refractivity contribution in [2.24, 2.45) is 0 Å². The molecule has 0 heterocycles. The maximum Gasteiger partial charge on any atom is 0.293 e. The molecule has 0 aliphatic rings. The summed E-state index contributed by atoms with van der Waals surface area (Å²) in [6.45, 7) is 0.614. The molecule has 1 aromatic carbocycles. The molecule has 18 heavy (non-hydrogen) atoms. The molecule has 94 valence electrons. The third kappa shape index (κ3) is 3.91. The minimum absolute atomic E-state index is 0.0865. The van der Waals surface area contributed by atoms with Crippen molar-refractivity contribution >= 4 is 17.7 Å². The van der Waals surface area contributed by atoms with E-state index in [4.69, 9.17) is 6.42 Å². The Bertz CT molecular complexity index is 478. The van der Waals surface area contributed by atoms with Gasteiger partial charge in [-0.25, -0.2) is 0 Å². The van der Waals surface area contributed by atoms with Gasteiger partial charge in [-0.1, -0.05) is 0 Å². The number of anilines is 1. The summed E-state index contributed by atoms with van der Waals surface area (Å²) in [4.78, 5) is 20.9. The number of carbonyl (C=O) groups excluding carboxylic acids is 1. The van der Waals surface area contributed by atoms with E-state index in [1.807, 2.05) is 0 Å². The van der Waals surface area contributed by atoms with Gasteiger partial charge in [0.25, 0.3) is 5.69 Å². The fourth-order valence-electron chi connectivity index (χ4n) is 1.50. The zero-order valence-corrected chi connectivity index (χ0v) is 9.89. The Labute approximate surface area is 105 Å². The lowest BCUT2D eigenvalue weighted by molar-refractivity contribution is -0.384. The van der Waals surface area contributed by atoms with E-state index in [-0.39, 0.29) is 5.69 Å². The van der Waals surface area contributed by atoms with Crippen molar-refractivity contribution in [2.45, 2.75) is 19.3 Å². The summed E-state index contributed by atoms with van der Waals surface area (Å²) in [6.07, 6.45) is 8.14. The molecule has 0 aliphatic carbocycles. The Kier molecular flexibility index (Phi) is 5.39. The van der Waals surface area contributed by atoms with E-state index in [0.717, 1.165) is 12.8 Å². The normalized spacial score (nSPS) is 9.50. The lowest BCUT2D eigenvalue weighted by atomic mass is 10.2. The summed E-state index contributed by atoms with van der Waals surface area (Å²) in [7, 11) is 0. The van der Waals surface area contributed by atoms with Crippen LogP contribution >= 0.6 is 0 Å². The smallest absolute Gasteiger partial charge is 0.293 e. The summed E-state index contributed by atoms with van der Waals surface area (Å²) < 4.78 is 0. The first kappa shape index (κ1) is 13.7. The van der Waals surface area contributed by atoms with Crippen molar-refractivity contribution in [3.8, 4) is 12.3 Å². The van der Waals surface area contributed by atoms with Crippen LogP contribution in [-0.4, -0.2) is 17.8 Å². The number of carbonyl (C=O) groups is 1. The van der Waals surface area contributed by atoms with Gasteiger partial charge in [0.05, 0.1) is 4.92 Å². The van der Waals surface area contributed by atoms with Gasteiger partial charge in [-0.2, -0.15) is 0 Å². The molecular formula is C13H14N2O3. The number of aldehydes is 1. The van der Waals surface area contributed by atoms with E-state index in [1.165, 1.54) is 6.07 Å². The van der Waals surface area contributed by atoms with Crippen molar-refractivity contribution in [1.29, 1.82) is 0 Å². The molecule has 0 spiro atoms. The summed E-state index contributed by atoms with van der Waals surface area (Å²) in [5, 5.41) is 13.8. The Morgan fingerprint density at radius 3 is 2.83 bits per heavy atom. The number of unbranched alkanes of at least 4 members (excludes halogenated alkanes) is 2. The van der Waals surface area contributed by atoms with Crippen LogP contribution in [0.4, 0.5) is 11.4 Å². The molecule has 5 nitrogen and oxygen atoms in total. The highest BCUT2D eigenvalue weighted by Crippen LogP contribution is 2.24. The van der Waals surface area contributed by atoms with E-state index in [9.17, 15) is 14.9 Å². The Hall–Kier alpha value is -2.35. The first-order valence-corrected chi connectivity index (χ1v) is 5.60. The lowest BCUT2D eigenvalue weighted by Crippen LogP contribution is -2.04. The van der Waals surface area contributed by atoms with Crippen LogP contribution in [0.2, 0.25) is 0 Å². The van der Waals surface area contributed by atoms with Gasteiger partial charge in [-0.15, -0.1) is 12.3 Å². The highest BCUT2D eigenvalue weighted by Gasteiger charge is 2.13. The summed E-state index contributed by atoms with van der Waals surface area (Å²) in [6, 6.07) is 4.35. The van der Waals surface area contributed by atoms with Gasteiger partial charge in [-0.3, -0.25) is 14.9 Å². The third-order valence-electron chi connectivity index (χ3n) is 2.42. The maximum absolute atomic E-state index is 10.8. The zero-order valence-electron chi connectivity index (χ0n) is 9.89. The molecule has 0 fully saturated rings. The molecule has 0 aliphatic heterocycles. The van der Waals surface area contributed by atoms with Gasteiger partial charge in [0.1, 0.15) is 12.0 Å². The Morgan fingerprint density at radius 2 is 2.22 bits per heavy atom. The molecule has 1 rings (SSSR count). The van der Waals surface area contributed by atoms with Crippen LogP contribution in [0.1, 0.15) is 29.6 Å². The number of benzene rings is 1. The fourth-order valence-corrected chi connectivity index (χ4v) is 1.50. The lowest BCUT2D eigenvalue weighted by Gasteiger charge is -2.06. The van der Waals surface area contributed by atoms with E-state index in [0.29, 0.717) is 30.5 Å². The van der Waals surface area contributed by atoms with Crippen molar-refractivity contribution < 1.29 is 9.72 Å². The molecule has 0 bridgehead atoms. The minimum Gasteiger partial charge on any atom is -0.379 e. The first-order valence-electron chi connectivity index (χ1n) is 5.60. The quantitative estimate of drug-likeness (QED) is 0.264. The van der Waals surface area contributed by atoms with Crippen LogP contribution < -0.4 is 5.32 Å². The Morgan fingerprint density at radius 1 is 1.44 bits per heavy atom. The zero-order chi connectivity index (χ0) is 13.4. The van der Waals surface area contributed by atoms with Crippen molar-refractivity contribution in [2.75, 3.05) is 11.9 Å². The Balaban J connectivity index is 2.67. The van der Waals surface area contributed by atoms with Gasteiger partial charge in [0.15, 0.2) is 0 Å². The first-order chi connectivity index (χ1) is 8.69. The molecule has 0 radical (unpaired) electrons. The molecule has 1 aromatic rings. The van der Waals surface area contributed by atoms with E-state index < -0.39 is 4.92 Å². The van der Waals surface area contributed by atoms with Gasteiger partial charge in [0.2, 0.25) is 0 Å². The van der Waals surface area contributed by atoms with Crippen molar-refractivity contribution in [3.05, 3.63) is 33.9 Å². The standard InChI is InChI=1S/C13H14N2O3/c1-2-3-4-5-8-14-12-7-6-11(10-16)9-13(12)15(17)18/h1,6-7,9-10,14H,3-5,8H2. The number of nitrogens with one attached hydrogen (secondary N) is 1. The van der Waals surface area contributed by atoms with Gasteiger partial charge in [-0.05, 0) is 25.0 Å². The number of terminal acetylenes is 1. The average Bonchev–Trinajstić information content (AvgIpc) is 2.38. The van der Waals surface area contributed by atoms with Gasteiger partial charge in [0, 0.05) is 24.6 Å². The third-order valence-corrected chi connectivity index (χ3v) is 2.42. The van der Waals surface area contributed by atoms with E-state index in [1.54, 1.807) is 12.1 Å². The molecule has 0 amide bonds. The fraction of sp³-hybridized carbons (Fsp3) is 0.308. The molecule has 0 atom stereocenters. The highest BCUT2D eigenvalue weighted by molar-refractivity contribution is 5.79. The van der Waals surface area contributed by atoms with E-state index >= 15 is 0 Å². The van der Waals surface area contributed by atoms with Crippen molar-refractivity contribution in [1.82, 2.24) is 0 Å². The van der Waals surface area contributed by atoms with Crippen LogP contribution in [0.5, 0.6) is 0 Å². The highest BCUT2D eigenvalue weighted by atomic mass is 16.6. The number of nitrogens with zero attached hydrogens (tertiary/aromatic N) is 1. The van der Waals surface area contributed by atoms with Crippen LogP contribution in [0.15, 0.2) is 18.2 Å². The second kappa shape index (κ2) is 7.07. The van der Waals surface area contributed by atoms with Crippen LogP contribution in [0, 0.1) is 22.5 Å². The summed E-state index contributed by atoms with van der Waals surface area (Å²) in [5.41, 5.74) is 0.627. The predicted molar refractivity (Wildman–Crippen MR) is 69.7 cm³/mol. The number of hydrogen-bond donors (Lipinski definition) is 1. The van der Waals surface area contributed by atoms with Gasteiger partial charge >= 0.3 is 0 Å². The van der Waals surface area contributed by atoms with Crippen molar-refractivity contribution in [3.63, 3.8) is 0 Å². The molecule has 0 aromatic heterocycles. The second-order valence-electron chi connectivity index (χ2n) is 3.74. The topological polar surface area (TPSA) is 72.2 Å². The number of hydrogen-bond acceptors (Lipinski definition) is 4. The minimum atomic E-state index is -0.503. The molecule has 1 N–H and O–H groups in total. The largest absolute Gasteiger partial charge is 0.379 e. The van der Waals surface area contributed by atoms with Crippen LogP contribution in [-0.2, 0) is 0 Å². The summed E-state index contributed by atoms with van der Waals surface area (Å²) >= 11 is 0. The molecular weight excluding hydrogens is 232 g/mol. The predicted octanol–water partition coefficient (Wildman–Crippen LogP) is 2.62. The monoisotopic (exact) mass is 246 g/mol. The number of rotatable bonds is 7. The van der Waals surface area contributed by atoms with E-state index in [2.05, 4.69) is 11.2 Å². The van der Waals surface area contributed by atoms with Crippen LogP contribution in [0.3, 0.4) is 0 Å². The van der Waals surface area contributed by atoms with Gasteiger partial charge < -0.3 is 5.32 Å².